The van der Waals surface area contributed by atoms with E-state index in [4.69, 9.17) is 9.16 Å². The summed E-state index contributed by atoms with van der Waals surface area (Å²) in [6, 6.07) is 20.4. The summed E-state index contributed by atoms with van der Waals surface area (Å²) in [4.78, 5) is 26.2. The molecule has 2 aromatic rings. The van der Waals surface area contributed by atoms with E-state index in [1.165, 1.54) is 17.3 Å². The summed E-state index contributed by atoms with van der Waals surface area (Å²) >= 11 is 0. The highest BCUT2D eigenvalue weighted by Gasteiger charge is 2.50. The van der Waals surface area contributed by atoms with Gasteiger partial charge in [-0.05, 0) is 21.8 Å². The Morgan fingerprint density at radius 2 is 1.67 bits per heavy atom. The van der Waals surface area contributed by atoms with E-state index in [0.29, 0.717) is 19.3 Å². The van der Waals surface area contributed by atoms with E-state index in [2.05, 4.69) is 51.6 Å². The minimum Gasteiger partial charge on any atom is -0.442 e. The molecule has 176 valence electrons. The Balaban J connectivity index is 2.01. The van der Waals surface area contributed by atoms with Crippen molar-refractivity contribution >= 4 is 30.6 Å². The molecule has 6 heteroatoms. The fourth-order valence-corrected chi connectivity index (χ4v) is 9.37. The fraction of sp³-hybridized carbons (Fsp3) is 0.407. The SMILES string of the molecule is C=C[C@H](CO[Si](c1ccccc1)(c1ccccc1)C(C)(C)C)N1C(=O)CCCC1OC(C)=O. The Labute approximate surface area is 198 Å². The number of hydrogen-bond acceptors (Lipinski definition) is 4. The molecule has 0 N–H and O–H groups in total. The smallest absolute Gasteiger partial charge is 0.304 e. The Hall–Kier alpha value is -2.70. The van der Waals surface area contributed by atoms with E-state index in [0.717, 1.165) is 0 Å². The van der Waals surface area contributed by atoms with Crippen LogP contribution in [0.25, 0.3) is 0 Å². The lowest BCUT2D eigenvalue weighted by Crippen LogP contribution is -2.67. The summed E-state index contributed by atoms with van der Waals surface area (Å²) in [6.45, 7) is 12.3. The number of benzene rings is 2. The maximum absolute atomic E-state index is 12.9. The van der Waals surface area contributed by atoms with Crippen molar-refractivity contribution in [1.29, 1.82) is 0 Å². The molecular formula is C27H35NO4Si. The van der Waals surface area contributed by atoms with Gasteiger partial charge in [0.05, 0.1) is 12.6 Å². The molecule has 2 atom stereocenters. The molecule has 1 saturated heterocycles. The molecule has 0 bridgehead atoms. The first kappa shape index (κ1) is 24.9. The van der Waals surface area contributed by atoms with Crippen LogP contribution in [0, 0.1) is 0 Å². The molecule has 1 aliphatic rings. The zero-order chi connectivity index (χ0) is 24.1. The van der Waals surface area contributed by atoms with Crippen LogP contribution in [0.3, 0.4) is 0 Å². The maximum Gasteiger partial charge on any atom is 0.304 e. The van der Waals surface area contributed by atoms with Crippen molar-refractivity contribution in [3.05, 3.63) is 73.3 Å². The van der Waals surface area contributed by atoms with Crippen LogP contribution in [-0.4, -0.2) is 44.0 Å². The van der Waals surface area contributed by atoms with Gasteiger partial charge in [-0.15, -0.1) is 6.58 Å². The van der Waals surface area contributed by atoms with Gasteiger partial charge in [-0.1, -0.05) is 87.5 Å². The number of carbonyl (C=O) groups is 2. The van der Waals surface area contributed by atoms with Gasteiger partial charge in [0.15, 0.2) is 6.23 Å². The molecule has 33 heavy (non-hydrogen) atoms. The van der Waals surface area contributed by atoms with E-state index in [9.17, 15) is 9.59 Å². The number of amides is 1. The molecule has 0 aliphatic carbocycles. The Morgan fingerprint density at radius 3 is 2.12 bits per heavy atom. The lowest BCUT2D eigenvalue weighted by Gasteiger charge is -2.45. The third-order valence-electron chi connectivity index (χ3n) is 6.26. The van der Waals surface area contributed by atoms with E-state index in [-0.39, 0.29) is 17.6 Å². The number of nitrogens with zero attached hydrogens (tertiary/aromatic N) is 1. The number of piperidine rings is 1. The molecule has 5 nitrogen and oxygen atoms in total. The molecule has 3 rings (SSSR count). The van der Waals surface area contributed by atoms with Crippen LogP contribution < -0.4 is 10.4 Å². The fourth-order valence-electron chi connectivity index (χ4n) is 4.80. The van der Waals surface area contributed by atoms with Crippen molar-refractivity contribution in [1.82, 2.24) is 4.90 Å². The molecule has 0 saturated carbocycles. The Morgan fingerprint density at radius 1 is 1.12 bits per heavy atom. The minimum absolute atomic E-state index is 0.0385. The molecule has 1 heterocycles. The number of rotatable bonds is 8. The third kappa shape index (κ3) is 5.28. The summed E-state index contributed by atoms with van der Waals surface area (Å²) in [5.41, 5.74) is 0. The average Bonchev–Trinajstić information content (AvgIpc) is 2.78. The number of esters is 1. The molecular weight excluding hydrogens is 430 g/mol. The van der Waals surface area contributed by atoms with Crippen molar-refractivity contribution in [3.8, 4) is 0 Å². The lowest BCUT2D eigenvalue weighted by atomic mass is 10.1. The van der Waals surface area contributed by atoms with Crippen molar-refractivity contribution in [2.24, 2.45) is 0 Å². The molecule has 2 aromatic carbocycles. The highest BCUT2D eigenvalue weighted by Crippen LogP contribution is 2.37. The van der Waals surface area contributed by atoms with Crippen LogP contribution in [0.15, 0.2) is 73.3 Å². The van der Waals surface area contributed by atoms with Crippen LogP contribution in [-0.2, 0) is 18.8 Å². The van der Waals surface area contributed by atoms with Gasteiger partial charge in [0.1, 0.15) is 0 Å². The van der Waals surface area contributed by atoms with E-state index < -0.39 is 26.6 Å². The van der Waals surface area contributed by atoms with Crippen molar-refractivity contribution in [2.45, 2.75) is 64.3 Å². The van der Waals surface area contributed by atoms with E-state index >= 15 is 0 Å². The van der Waals surface area contributed by atoms with Crippen molar-refractivity contribution in [3.63, 3.8) is 0 Å². The second kappa shape index (κ2) is 10.5. The van der Waals surface area contributed by atoms with Crippen LogP contribution in [0.1, 0.15) is 47.0 Å². The first-order valence-electron chi connectivity index (χ1n) is 11.6. The first-order valence-corrected chi connectivity index (χ1v) is 13.5. The second-order valence-electron chi connectivity index (χ2n) is 9.53. The second-order valence-corrected chi connectivity index (χ2v) is 13.8. The highest BCUT2D eigenvalue weighted by molar-refractivity contribution is 6.99. The van der Waals surface area contributed by atoms with Gasteiger partial charge < -0.3 is 9.16 Å². The summed E-state index contributed by atoms with van der Waals surface area (Å²) in [5, 5.41) is 2.17. The molecule has 1 fully saturated rings. The molecule has 1 aliphatic heterocycles. The quantitative estimate of drug-likeness (QED) is 0.336. The van der Waals surface area contributed by atoms with Gasteiger partial charge in [0.25, 0.3) is 8.32 Å². The molecule has 0 radical (unpaired) electrons. The minimum atomic E-state index is -2.76. The Kier molecular flexibility index (Phi) is 7.92. The monoisotopic (exact) mass is 465 g/mol. The summed E-state index contributed by atoms with van der Waals surface area (Å²) in [5.74, 6) is -0.432. The molecule has 0 aromatic heterocycles. The van der Waals surface area contributed by atoms with Crippen molar-refractivity contribution in [2.75, 3.05) is 6.61 Å². The standard InChI is InChI=1S/C27H35NO4Si/c1-6-22(28-25(30)18-13-19-26(28)32-21(2)29)20-31-33(27(3,4)5,23-14-9-7-10-15-23)24-16-11-8-12-17-24/h6-12,14-17,22,26H,1,13,18-20H2,2-5H3/t22-,26?/m1/s1. The van der Waals surface area contributed by atoms with E-state index in [1.807, 2.05) is 36.4 Å². The summed E-state index contributed by atoms with van der Waals surface area (Å²) in [7, 11) is -2.76. The van der Waals surface area contributed by atoms with E-state index in [1.54, 1.807) is 11.0 Å². The van der Waals surface area contributed by atoms with Gasteiger partial charge in [-0.2, -0.15) is 0 Å². The summed E-state index contributed by atoms with van der Waals surface area (Å²) < 4.78 is 12.5. The van der Waals surface area contributed by atoms with Crippen LogP contribution in [0.2, 0.25) is 5.04 Å². The first-order chi connectivity index (χ1) is 15.7. The molecule has 1 amide bonds. The van der Waals surface area contributed by atoms with Crippen molar-refractivity contribution < 1.29 is 18.8 Å². The number of ether oxygens (including phenoxy) is 1. The van der Waals surface area contributed by atoms with Crippen LogP contribution in [0.5, 0.6) is 0 Å². The van der Waals surface area contributed by atoms with Gasteiger partial charge in [0.2, 0.25) is 5.91 Å². The van der Waals surface area contributed by atoms with Gasteiger partial charge >= 0.3 is 5.97 Å². The lowest BCUT2D eigenvalue weighted by molar-refractivity contribution is -0.171. The maximum atomic E-state index is 12.9. The van der Waals surface area contributed by atoms with Crippen LogP contribution >= 0.6 is 0 Å². The largest absolute Gasteiger partial charge is 0.442 e. The number of hydrogen-bond donors (Lipinski definition) is 0. The van der Waals surface area contributed by atoms with Gasteiger partial charge in [0, 0.05) is 19.8 Å². The van der Waals surface area contributed by atoms with Gasteiger partial charge in [-0.3, -0.25) is 14.5 Å². The zero-order valence-corrected chi connectivity index (χ0v) is 21.1. The zero-order valence-electron chi connectivity index (χ0n) is 20.1. The number of likely N-dealkylation sites (tertiary alicyclic amines) is 1. The average molecular weight is 466 g/mol. The van der Waals surface area contributed by atoms with Crippen LogP contribution in [0.4, 0.5) is 0 Å². The predicted octanol–water partition coefficient (Wildman–Crippen LogP) is 4.02. The number of carbonyl (C=O) groups excluding carboxylic acids is 2. The molecule has 0 spiro atoms. The highest BCUT2D eigenvalue weighted by atomic mass is 28.4. The topological polar surface area (TPSA) is 55.8 Å². The predicted molar refractivity (Wildman–Crippen MR) is 134 cm³/mol. The molecule has 1 unspecified atom stereocenters. The van der Waals surface area contributed by atoms with Gasteiger partial charge in [-0.25, -0.2) is 0 Å². The normalized spacial score (nSPS) is 18.0. The Bertz CT molecular complexity index is 916. The summed E-state index contributed by atoms with van der Waals surface area (Å²) in [6.07, 6.45) is 2.90. The third-order valence-corrected chi connectivity index (χ3v) is 11.3.